The highest BCUT2D eigenvalue weighted by molar-refractivity contribution is 7.89. The van der Waals surface area contributed by atoms with E-state index in [4.69, 9.17) is 4.74 Å². The summed E-state index contributed by atoms with van der Waals surface area (Å²) < 4.78 is 32.7. The summed E-state index contributed by atoms with van der Waals surface area (Å²) in [6.07, 6.45) is 7.15. The topological polar surface area (TPSA) is 79.0 Å². The zero-order valence-corrected chi connectivity index (χ0v) is 20.3. The van der Waals surface area contributed by atoms with Gasteiger partial charge >= 0.3 is 0 Å². The van der Waals surface area contributed by atoms with E-state index < -0.39 is 10.0 Å². The first-order valence-electron chi connectivity index (χ1n) is 12.0. The van der Waals surface area contributed by atoms with Crippen molar-refractivity contribution in [1.82, 2.24) is 9.62 Å². The Hall–Kier alpha value is -2.68. The van der Waals surface area contributed by atoms with Crippen molar-refractivity contribution >= 4 is 27.7 Å². The van der Waals surface area contributed by atoms with Crippen LogP contribution in [0.2, 0.25) is 0 Å². The lowest BCUT2D eigenvalue weighted by atomic mass is 10.2. The van der Waals surface area contributed by atoms with E-state index in [0.717, 1.165) is 63.1 Å². The molecule has 0 atom stereocenters. The molecule has 1 amide bonds. The fourth-order valence-corrected chi connectivity index (χ4v) is 5.77. The van der Waals surface area contributed by atoms with Gasteiger partial charge in [0.1, 0.15) is 0 Å². The molecule has 0 radical (unpaired) electrons. The first-order chi connectivity index (χ1) is 16.5. The monoisotopic (exact) mass is 483 g/mol. The van der Waals surface area contributed by atoms with Crippen molar-refractivity contribution in [1.29, 1.82) is 0 Å². The van der Waals surface area contributed by atoms with Crippen LogP contribution in [0.25, 0.3) is 6.08 Å². The minimum Gasteiger partial charge on any atom is -0.378 e. The molecule has 0 spiro atoms. The van der Waals surface area contributed by atoms with Crippen LogP contribution in [0.1, 0.15) is 36.8 Å². The number of rotatable bonds is 7. The van der Waals surface area contributed by atoms with Crippen LogP contribution in [0.15, 0.2) is 59.5 Å². The van der Waals surface area contributed by atoms with E-state index in [2.05, 4.69) is 22.3 Å². The van der Waals surface area contributed by atoms with Gasteiger partial charge in [0.15, 0.2) is 0 Å². The van der Waals surface area contributed by atoms with Crippen LogP contribution in [0.4, 0.5) is 5.69 Å². The quantitative estimate of drug-likeness (QED) is 0.611. The number of carbonyl (C=O) groups excluding carboxylic acids is 1. The number of amides is 1. The highest BCUT2D eigenvalue weighted by atomic mass is 32.2. The number of hydrogen-bond acceptors (Lipinski definition) is 5. The normalized spacial score (nSPS) is 18.1. The highest BCUT2D eigenvalue weighted by Gasteiger charge is 2.24. The zero-order valence-electron chi connectivity index (χ0n) is 19.5. The molecule has 2 aromatic rings. The van der Waals surface area contributed by atoms with Crippen molar-refractivity contribution in [2.75, 3.05) is 44.3 Å². The van der Waals surface area contributed by atoms with E-state index in [1.807, 2.05) is 12.1 Å². The molecule has 7 nitrogen and oxygen atoms in total. The summed E-state index contributed by atoms with van der Waals surface area (Å²) in [7, 11) is -3.46. The molecule has 0 saturated carbocycles. The van der Waals surface area contributed by atoms with Gasteiger partial charge in [-0.05, 0) is 54.3 Å². The summed E-state index contributed by atoms with van der Waals surface area (Å²) in [5, 5.41) is 2.89. The summed E-state index contributed by atoms with van der Waals surface area (Å²) in [6, 6.07) is 14.9. The van der Waals surface area contributed by atoms with Crippen LogP contribution in [0, 0.1) is 0 Å². The molecule has 1 N–H and O–H groups in total. The molecule has 0 aromatic heterocycles. The second kappa shape index (κ2) is 11.6. The van der Waals surface area contributed by atoms with Crippen LogP contribution < -0.4 is 10.2 Å². The minimum absolute atomic E-state index is 0.196. The van der Waals surface area contributed by atoms with E-state index >= 15 is 0 Å². The third-order valence-electron chi connectivity index (χ3n) is 6.29. The van der Waals surface area contributed by atoms with Crippen molar-refractivity contribution in [3.05, 3.63) is 65.7 Å². The maximum Gasteiger partial charge on any atom is 0.244 e. The predicted molar refractivity (Wildman–Crippen MR) is 134 cm³/mol. The Bertz CT molecular complexity index is 1070. The van der Waals surface area contributed by atoms with Gasteiger partial charge in [0.25, 0.3) is 0 Å². The summed E-state index contributed by atoms with van der Waals surface area (Å²) in [5.41, 5.74) is 2.97. The Balaban J connectivity index is 1.28. The molecule has 2 aliphatic heterocycles. The van der Waals surface area contributed by atoms with E-state index in [1.165, 1.54) is 11.8 Å². The molecule has 34 heavy (non-hydrogen) atoms. The Labute approximate surface area is 202 Å². The summed E-state index contributed by atoms with van der Waals surface area (Å²) in [6.45, 7) is 4.90. The molecule has 2 aliphatic rings. The van der Waals surface area contributed by atoms with E-state index in [1.54, 1.807) is 34.6 Å². The minimum atomic E-state index is -3.46. The van der Waals surface area contributed by atoms with Gasteiger partial charge in [0, 0.05) is 44.5 Å². The highest BCUT2D eigenvalue weighted by Crippen LogP contribution is 2.21. The largest absolute Gasteiger partial charge is 0.378 e. The molecule has 0 bridgehead atoms. The van der Waals surface area contributed by atoms with Gasteiger partial charge in [-0.3, -0.25) is 4.79 Å². The summed E-state index contributed by atoms with van der Waals surface area (Å²) >= 11 is 0. The van der Waals surface area contributed by atoms with Gasteiger partial charge in [-0.1, -0.05) is 37.1 Å². The smallest absolute Gasteiger partial charge is 0.244 e. The van der Waals surface area contributed by atoms with Gasteiger partial charge < -0.3 is 15.0 Å². The van der Waals surface area contributed by atoms with Crippen LogP contribution in [-0.4, -0.2) is 58.0 Å². The molecule has 8 heteroatoms. The predicted octanol–water partition coefficient (Wildman–Crippen LogP) is 3.42. The van der Waals surface area contributed by atoms with Crippen LogP contribution in [0.3, 0.4) is 0 Å². The first kappa shape index (κ1) is 24.4. The molecular formula is C26H33N3O4S. The Morgan fingerprint density at radius 2 is 1.53 bits per heavy atom. The maximum atomic E-state index is 12.9. The van der Waals surface area contributed by atoms with Crippen molar-refractivity contribution < 1.29 is 17.9 Å². The first-order valence-corrected chi connectivity index (χ1v) is 13.4. The zero-order chi connectivity index (χ0) is 23.8. The number of ether oxygens (including phenoxy) is 1. The fourth-order valence-electron chi connectivity index (χ4n) is 4.25. The summed E-state index contributed by atoms with van der Waals surface area (Å²) in [5.74, 6) is -0.196. The molecule has 0 unspecified atom stereocenters. The average molecular weight is 484 g/mol. The fraction of sp³-hybridized carbons (Fsp3) is 0.423. The van der Waals surface area contributed by atoms with E-state index in [0.29, 0.717) is 24.5 Å². The Morgan fingerprint density at radius 3 is 2.18 bits per heavy atom. The standard InChI is InChI=1S/C26H33N3O4S/c30-26(27-21-23-5-10-24(11-6-23)28-17-19-33-20-18-28)14-9-22-7-12-25(13-8-22)34(31,32)29-15-3-1-2-4-16-29/h5-14H,1-4,15-21H2,(H,27,30). The lowest BCUT2D eigenvalue weighted by Crippen LogP contribution is -2.36. The van der Waals surface area contributed by atoms with Crippen molar-refractivity contribution in [3.8, 4) is 0 Å². The number of anilines is 1. The van der Waals surface area contributed by atoms with Gasteiger partial charge in [-0.25, -0.2) is 8.42 Å². The lowest BCUT2D eigenvalue weighted by Gasteiger charge is -2.28. The lowest BCUT2D eigenvalue weighted by molar-refractivity contribution is -0.116. The number of morpholine rings is 1. The third kappa shape index (κ3) is 6.46. The van der Waals surface area contributed by atoms with Crippen molar-refractivity contribution in [2.45, 2.75) is 37.1 Å². The molecule has 2 heterocycles. The van der Waals surface area contributed by atoms with Crippen LogP contribution >= 0.6 is 0 Å². The Morgan fingerprint density at radius 1 is 0.882 bits per heavy atom. The van der Waals surface area contributed by atoms with Gasteiger partial charge in [-0.2, -0.15) is 4.31 Å². The number of benzene rings is 2. The Kier molecular flexibility index (Phi) is 8.37. The van der Waals surface area contributed by atoms with Crippen LogP contribution in [-0.2, 0) is 26.1 Å². The number of nitrogens with zero attached hydrogens (tertiary/aromatic N) is 2. The number of nitrogens with one attached hydrogen (secondary N) is 1. The molecule has 2 saturated heterocycles. The summed E-state index contributed by atoms with van der Waals surface area (Å²) in [4.78, 5) is 14.8. The molecule has 2 fully saturated rings. The van der Waals surface area contributed by atoms with Gasteiger partial charge in [-0.15, -0.1) is 0 Å². The number of sulfonamides is 1. The average Bonchev–Trinajstić information content (AvgIpc) is 3.18. The molecule has 0 aliphatic carbocycles. The molecule has 2 aromatic carbocycles. The molecular weight excluding hydrogens is 450 g/mol. The van der Waals surface area contributed by atoms with Crippen LogP contribution in [0.5, 0.6) is 0 Å². The second-order valence-electron chi connectivity index (χ2n) is 8.70. The van der Waals surface area contributed by atoms with Gasteiger partial charge in [0.2, 0.25) is 15.9 Å². The third-order valence-corrected chi connectivity index (χ3v) is 8.20. The van der Waals surface area contributed by atoms with E-state index in [9.17, 15) is 13.2 Å². The second-order valence-corrected chi connectivity index (χ2v) is 10.6. The van der Waals surface area contributed by atoms with Crippen molar-refractivity contribution in [3.63, 3.8) is 0 Å². The maximum absolute atomic E-state index is 12.9. The molecule has 4 rings (SSSR count). The van der Waals surface area contributed by atoms with Crippen molar-refractivity contribution in [2.24, 2.45) is 0 Å². The number of hydrogen-bond donors (Lipinski definition) is 1. The number of carbonyl (C=O) groups is 1. The molecule has 182 valence electrons. The SMILES string of the molecule is O=C(C=Cc1ccc(S(=O)(=O)N2CCCCCC2)cc1)NCc1ccc(N2CCOCC2)cc1. The van der Waals surface area contributed by atoms with Gasteiger partial charge in [0.05, 0.1) is 18.1 Å². The van der Waals surface area contributed by atoms with E-state index in [-0.39, 0.29) is 5.91 Å².